The lowest BCUT2D eigenvalue weighted by Gasteiger charge is -2.14. The number of nitrogens with zero attached hydrogens (tertiary/aromatic N) is 4. The molecule has 0 saturated heterocycles. The maximum absolute atomic E-state index is 13.3. The number of para-hydroxylation sites is 1. The first-order valence-corrected chi connectivity index (χ1v) is 11.4. The van der Waals surface area contributed by atoms with E-state index in [1.165, 1.54) is 17.0 Å². The highest BCUT2D eigenvalue weighted by Crippen LogP contribution is 2.37. The molecule has 0 aliphatic heterocycles. The van der Waals surface area contributed by atoms with E-state index in [4.69, 9.17) is 4.74 Å². The van der Waals surface area contributed by atoms with Gasteiger partial charge in [0.2, 0.25) is 5.75 Å². The molecule has 4 aromatic rings. The molecule has 3 aromatic carbocycles. The summed E-state index contributed by atoms with van der Waals surface area (Å²) in [5.41, 5.74) is 1.17. The van der Waals surface area contributed by atoms with Crippen LogP contribution in [0.25, 0.3) is 22.3 Å². The van der Waals surface area contributed by atoms with Crippen LogP contribution in [0.1, 0.15) is 25.8 Å². The molecule has 0 radical (unpaired) electrons. The van der Waals surface area contributed by atoms with Gasteiger partial charge in [0.15, 0.2) is 5.82 Å². The Morgan fingerprint density at radius 2 is 1.88 bits per heavy atom. The lowest BCUT2D eigenvalue weighted by molar-refractivity contribution is -0.386. The van der Waals surface area contributed by atoms with Gasteiger partial charge in [-0.05, 0) is 47.5 Å². The van der Waals surface area contributed by atoms with E-state index in [1.54, 1.807) is 24.3 Å². The van der Waals surface area contributed by atoms with Crippen LogP contribution in [0, 0.1) is 10.1 Å². The van der Waals surface area contributed by atoms with Crippen molar-refractivity contribution >= 4 is 38.7 Å². The van der Waals surface area contributed by atoms with Crippen molar-refractivity contribution in [2.24, 2.45) is 5.10 Å². The Hall–Kier alpha value is -3.85. The van der Waals surface area contributed by atoms with E-state index < -0.39 is 4.92 Å². The summed E-state index contributed by atoms with van der Waals surface area (Å²) >= 11 is 3.38. The van der Waals surface area contributed by atoms with Crippen LogP contribution >= 0.6 is 15.9 Å². The van der Waals surface area contributed by atoms with E-state index in [0.717, 1.165) is 0 Å². The molecule has 0 aliphatic rings. The molecule has 0 saturated carbocycles. The summed E-state index contributed by atoms with van der Waals surface area (Å²) in [5.74, 6) is 0.525. The van der Waals surface area contributed by atoms with Gasteiger partial charge in [-0.1, -0.05) is 49.4 Å². The third kappa shape index (κ3) is 4.74. The predicted molar refractivity (Wildman–Crippen MR) is 136 cm³/mol. The summed E-state index contributed by atoms with van der Waals surface area (Å²) in [5, 5.41) is 16.5. The highest BCUT2D eigenvalue weighted by atomic mass is 79.9. The normalized spacial score (nSPS) is 12.2. The summed E-state index contributed by atoms with van der Waals surface area (Å²) < 4.78 is 7.39. The minimum atomic E-state index is -0.501. The molecule has 0 unspecified atom stereocenters. The van der Waals surface area contributed by atoms with Crippen LogP contribution in [0.5, 0.6) is 5.75 Å². The first-order valence-electron chi connectivity index (χ1n) is 10.6. The summed E-state index contributed by atoms with van der Waals surface area (Å²) in [6, 6.07) is 19.3. The van der Waals surface area contributed by atoms with Gasteiger partial charge in [-0.25, -0.2) is 4.98 Å². The lowest BCUT2D eigenvalue weighted by atomic mass is 10.2. The molecule has 1 heterocycles. The molecule has 0 aliphatic carbocycles. The number of hydrogen-bond donors (Lipinski definition) is 0. The van der Waals surface area contributed by atoms with Gasteiger partial charge in [-0.2, -0.15) is 9.78 Å². The Morgan fingerprint density at radius 3 is 2.59 bits per heavy atom. The van der Waals surface area contributed by atoms with Gasteiger partial charge in [0.1, 0.15) is 0 Å². The standard InChI is InChI=1S/C25H21BrN4O4/c1-3-16(2)34-23-20(26)13-17(14-22(23)30(32)33)15-27-29-24(18-9-5-4-6-10-18)28-21-12-8-7-11-19(21)25(29)31/h4-16H,3H2,1-2H3/t16-/m0/s1. The van der Waals surface area contributed by atoms with Gasteiger partial charge < -0.3 is 4.74 Å². The molecule has 8 nitrogen and oxygen atoms in total. The number of nitro groups is 1. The predicted octanol–water partition coefficient (Wildman–Crippen LogP) is 5.79. The molecule has 4 rings (SSSR count). The number of rotatable bonds is 7. The average molecular weight is 521 g/mol. The van der Waals surface area contributed by atoms with Gasteiger partial charge in [0, 0.05) is 17.2 Å². The van der Waals surface area contributed by atoms with Gasteiger partial charge >= 0.3 is 5.69 Å². The van der Waals surface area contributed by atoms with Crippen molar-refractivity contribution in [3.05, 3.63) is 97.2 Å². The third-order valence-electron chi connectivity index (χ3n) is 5.25. The van der Waals surface area contributed by atoms with Gasteiger partial charge in [0.05, 0.1) is 32.6 Å². The fraction of sp³-hybridized carbons (Fsp3) is 0.160. The number of fused-ring (bicyclic) bond motifs is 1. The number of nitro benzene ring substituents is 1. The van der Waals surface area contributed by atoms with E-state index >= 15 is 0 Å². The van der Waals surface area contributed by atoms with Gasteiger partial charge in [0.25, 0.3) is 5.56 Å². The number of benzene rings is 3. The molecule has 0 amide bonds. The summed E-state index contributed by atoms with van der Waals surface area (Å²) in [7, 11) is 0. The van der Waals surface area contributed by atoms with Crippen LogP contribution in [0.15, 0.2) is 81.1 Å². The zero-order valence-electron chi connectivity index (χ0n) is 18.5. The zero-order chi connectivity index (χ0) is 24.2. The zero-order valence-corrected chi connectivity index (χ0v) is 20.1. The second kappa shape index (κ2) is 9.96. The highest BCUT2D eigenvalue weighted by Gasteiger charge is 2.22. The Balaban J connectivity index is 1.85. The quantitative estimate of drug-likeness (QED) is 0.174. The van der Waals surface area contributed by atoms with E-state index in [0.29, 0.717) is 38.7 Å². The van der Waals surface area contributed by atoms with Crippen LogP contribution in [-0.4, -0.2) is 26.9 Å². The molecule has 34 heavy (non-hydrogen) atoms. The van der Waals surface area contributed by atoms with Crippen molar-refractivity contribution in [3.8, 4) is 17.1 Å². The van der Waals surface area contributed by atoms with Gasteiger partial charge in [-0.15, -0.1) is 0 Å². The van der Waals surface area contributed by atoms with Crippen molar-refractivity contribution < 1.29 is 9.66 Å². The highest BCUT2D eigenvalue weighted by molar-refractivity contribution is 9.10. The fourth-order valence-corrected chi connectivity index (χ4v) is 3.90. The van der Waals surface area contributed by atoms with Crippen molar-refractivity contribution in [3.63, 3.8) is 0 Å². The maximum atomic E-state index is 13.3. The minimum Gasteiger partial charge on any atom is -0.483 e. The van der Waals surface area contributed by atoms with Crippen LogP contribution in [0.4, 0.5) is 5.69 Å². The molecule has 1 atom stereocenters. The van der Waals surface area contributed by atoms with E-state index in [2.05, 4.69) is 26.0 Å². The van der Waals surface area contributed by atoms with Crippen molar-refractivity contribution in [1.29, 1.82) is 0 Å². The maximum Gasteiger partial charge on any atom is 0.312 e. The Labute approximate surface area is 203 Å². The second-order valence-corrected chi connectivity index (χ2v) is 8.48. The molecular formula is C25H21BrN4O4. The number of aromatic nitrogens is 2. The molecule has 0 N–H and O–H groups in total. The summed E-state index contributed by atoms with van der Waals surface area (Å²) in [4.78, 5) is 29.1. The Bertz CT molecular complexity index is 1450. The molecule has 0 spiro atoms. The summed E-state index contributed by atoms with van der Waals surface area (Å²) in [6.07, 6.45) is 1.91. The number of ether oxygens (including phenoxy) is 1. The SMILES string of the molecule is CC[C@H](C)Oc1c(Br)cc(C=Nn2c(-c3ccccc3)nc3ccccc3c2=O)cc1[N+](=O)[O-]. The van der Waals surface area contributed by atoms with Crippen molar-refractivity contribution in [1.82, 2.24) is 9.66 Å². The average Bonchev–Trinajstić information content (AvgIpc) is 2.85. The van der Waals surface area contributed by atoms with Gasteiger partial charge in [-0.3, -0.25) is 14.9 Å². The number of hydrogen-bond acceptors (Lipinski definition) is 6. The molecule has 1 aromatic heterocycles. The van der Waals surface area contributed by atoms with Crippen molar-refractivity contribution in [2.45, 2.75) is 26.4 Å². The van der Waals surface area contributed by atoms with Crippen LogP contribution in [-0.2, 0) is 0 Å². The van der Waals surface area contributed by atoms with Crippen LogP contribution in [0.2, 0.25) is 0 Å². The first-order chi connectivity index (χ1) is 16.4. The topological polar surface area (TPSA) is 99.6 Å². The largest absolute Gasteiger partial charge is 0.483 e. The first kappa shape index (κ1) is 23.3. The lowest BCUT2D eigenvalue weighted by Crippen LogP contribution is -2.20. The van der Waals surface area contributed by atoms with Crippen molar-refractivity contribution in [2.75, 3.05) is 0 Å². The summed E-state index contributed by atoms with van der Waals surface area (Å²) in [6.45, 7) is 3.78. The molecule has 172 valence electrons. The van der Waals surface area contributed by atoms with Crippen LogP contribution < -0.4 is 10.3 Å². The smallest absolute Gasteiger partial charge is 0.312 e. The second-order valence-electron chi connectivity index (χ2n) is 7.62. The Kier molecular flexibility index (Phi) is 6.83. The third-order valence-corrected chi connectivity index (χ3v) is 5.83. The van der Waals surface area contributed by atoms with Crippen LogP contribution in [0.3, 0.4) is 0 Å². The van der Waals surface area contributed by atoms with E-state index in [1.807, 2.05) is 50.2 Å². The number of halogens is 1. The molecule has 0 bridgehead atoms. The minimum absolute atomic E-state index is 0.158. The molecule has 0 fully saturated rings. The van der Waals surface area contributed by atoms with E-state index in [9.17, 15) is 14.9 Å². The van der Waals surface area contributed by atoms with E-state index in [-0.39, 0.29) is 23.1 Å². The monoisotopic (exact) mass is 520 g/mol. The Morgan fingerprint density at radius 1 is 1.18 bits per heavy atom. The fourth-order valence-electron chi connectivity index (χ4n) is 3.34. The molecule has 9 heteroatoms. The molecular weight excluding hydrogens is 500 g/mol.